The average Bonchev–Trinajstić information content (AvgIpc) is 3.21. The fraction of sp³-hybridized carbons (Fsp3) is 0.480. The van der Waals surface area contributed by atoms with E-state index in [1.165, 1.54) is 35.9 Å². The van der Waals surface area contributed by atoms with Gasteiger partial charge in [-0.25, -0.2) is 4.79 Å². The van der Waals surface area contributed by atoms with Crippen molar-refractivity contribution in [2.75, 3.05) is 18.0 Å². The number of fused-ring (bicyclic) bond motifs is 1. The van der Waals surface area contributed by atoms with E-state index < -0.39 is 17.6 Å². The topological polar surface area (TPSA) is 100 Å². The lowest BCUT2D eigenvalue weighted by molar-refractivity contribution is -0.274. The number of ether oxygens (including phenoxy) is 1. The van der Waals surface area contributed by atoms with Crippen LogP contribution in [0.3, 0.4) is 0 Å². The molecule has 1 atom stereocenters. The second-order valence-electron chi connectivity index (χ2n) is 9.56. The van der Waals surface area contributed by atoms with E-state index >= 15 is 0 Å². The summed E-state index contributed by atoms with van der Waals surface area (Å²) in [5.74, 6) is 0.271. The Kier molecular flexibility index (Phi) is 7.49. The maximum absolute atomic E-state index is 13.3. The predicted molar refractivity (Wildman–Crippen MR) is 135 cm³/mol. The zero-order valence-corrected chi connectivity index (χ0v) is 21.1. The van der Waals surface area contributed by atoms with Gasteiger partial charge >= 0.3 is 12.1 Å². The van der Waals surface area contributed by atoms with Crippen molar-refractivity contribution >= 4 is 17.1 Å². The SMILES string of the molecule is CC(C)=CCn1c(N2CCCC(N)C2)nc2c1c(=O)n(C)c(=O)n2CCc1ccc(OC(F)(F)F)cc1. The fourth-order valence-corrected chi connectivity index (χ4v) is 4.53. The van der Waals surface area contributed by atoms with Gasteiger partial charge in [-0.15, -0.1) is 13.2 Å². The first-order valence-corrected chi connectivity index (χ1v) is 12.1. The number of aromatic nitrogens is 4. The molecule has 4 rings (SSSR count). The molecular formula is C25H31F3N6O3. The van der Waals surface area contributed by atoms with Crippen LogP contribution in [0.25, 0.3) is 11.2 Å². The third-order valence-corrected chi connectivity index (χ3v) is 6.41. The van der Waals surface area contributed by atoms with Crippen LogP contribution in [0.1, 0.15) is 32.3 Å². The molecule has 1 saturated heterocycles. The summed E-state index contributed by atoms with van der Waals surface area (Å²) in [5, 5.41) is 0. The highest BCUT2D eigenvalue weighted by Gasteiger charge is 2.31. The molecule has 0 bridgehead atoms. The molecule has 0 saturated carbocycles. The Balaban J connectivity index is 1.75. The van der Waals surface area contributed by atoms with E-state index in [1.54, 1.807) is 0 Å². The third kappa shape index (κ3) is 5.90. The smallest absolute Gasteiger partial charge is 0.406 e. The molecule has 1 fully saturated rings. The minimum atomic E-state index is -4.77. The lowest BCUT2D eigenvalue weighted by Crippen LogP contribution is -2.44. The Bertz CT molecular complexity index is 1420. The first-order valence-electron chi connectivity index (χ1n) is 12.1. The highest BCUT2D eigenvalue weighted by Crippen LogP contribution is 2.25. The summed E-state index contributed by atoms with van der Waals surface area (Å²) in [7, 11) is 1.43. The lowest BCUT2D eigenvalue weighted by Gasteiger charge is -2.31. The van der Waals surface area contributed by atoms with Gasteiger partial charge in [-0.1, -0.05) is 23.8 Å². The van der Waals surface area contributed by atoms with Crippen LogP contribution in [-0.4, -0.2) is 44.2 Å². The summed E-state index contributed by atoms with van der Waals surface area (Å²) in [6.07, 6.45) is -0.635. The number of imidazole rings is 1. The van der Waals surface area contributed by atoms with Gasteiger partial charge in [-0.05, 0) is 50.8 Å². The number of hydrogen-bond donors (Lipinski definition) is 1. The second-order valence-corrected chi connectivity index (χ2v) is 9.56. The molecule has 3 heterocycles. The predicted octanol–water partition coefficient (Wildman–Crippen LogP) is 2.93. The third-order valence-electron chi connectivity index (χ3n) is 6.41. The molecule has 1 aliphatic rings. The molecule has 0 radical (unpaired) electrons. The van der Waals surface area contributed by atoms with Gasteiger partial charge < -0.3 is 19.9 Å². The number of aryl methyl sites for hydroxylation is 2. The molecule has 200 valence electrons. The Labute approximate surface area is 211 Å². The van der Waals surface area contributed by atoms with Crippen molar-refractivity contribution in [2.45, 2.75) is 58.6 Å². The van der Waals surface area contributed by atoms with Crippen molar-refractivity contribution in [1.29, 1.82) is 0 Å². The summed E-state index contributed by atoms with van der Waals surface area (Å²) < 4.78 is 45.6. The molecule has 0 amide bonds. The van der Waals surface area contributed by atoms with E-state index in [-0.39, 0.29) is 24.0 Å². The van der Waals surface area contributed by atoms with Gasteiger partial charge in [0, 0.05) is 39.3 Å². The Morgan fingerprint density at radius 1 is 1.19 bits per heavy atom. The van der Waals surface area contributed by atoms with Gasteiger partial charge in [0.05, 0.1) is 0 Å². The normalized spacial score (nSPS) is 16.3. The minimum absolute atomic E-state index is 0.0141. The zero-order chi connectivity index (χ0) is 26.9. The Hall–Kier alpha value is -3.54. The van der Waals surface area contributed by atoms with Crippen molar-refractivity contribution in [3.63, 3.8) is 0 Å². The molecule has 0 spiro atoms. The number of nitrogens with two attached hydrogens (primary N) is 1. The average molecular weight is 521 g/mol. The number of anilines is 1. The minimum Gasteiger partial charge on any atom is -0.406 e. The molecule has 3 aromatic rings. The van der Waals surface area contributed by atoms with Gasteiger partial charge in [-0.3, -0.25) is 13.9 Å². The molecule has 1 aromatic carbocycles. The fourth-order valence-electron chi connectivity index (χ4n) is 4.53. The van der Waals surface area contributed by atoms with Crippen molar-refractivity contribution in [2.24, 2.45) is 12.8 Å². The highest BCUT2D eigenvalue weighted by atomic mass is 19.4. The monoisotopic (exact) mass is 520 g/mol. The molecule has 2 aromatic heterocycles. The highest BCUT2D eigenvalue weighted by molar-refractivity contribution is 5.75. The maximum atomic E-state index is 13.3. The largest absolute Gasteiger partial charge is 0.573 e. The number of rotatable bonds is 7. The van der Waals surface area contributed by atoms with Crippen LogP contribution in [0.15, 0.2) is 45.5 Å². The van der Waals surface area contributed by atoms with Gasteiger partial charge in [0.15, 0.2) is 11.2 Å². The Morgan fingerprint density at radius 3 is 2.51 bits per heavy atom. The van der Waals surface area contributed by atoms with Crippen molar-refractivity contribution in [3.05, 3.63) is 62.3 Å². The van der Waals surface area contributed by atoms with E-state index in [9.17, 15) is 22.8 Å². The van der Waals surface area contributed by atoms with E-state index in [0.29, 0.717) is 36.5 Å². The number of benzene rings is 1. The summed E-state index contributed by atoms with van der Waals surface area (Å²) in [6.45, 7) is 5.86. The number of halogens is 3. The number of nitrogens with zero attached hydrogens (tertiary/aromatic N) is 5. The molecule has 0 aliphatic carbocycles. The van der Waals surface area contributed by atoms with Crippen LogP contribution in [0.5, 0.6) is 5.75 Å². The van der Waals surface area contributed by atoms with Crippen LogP contribution in [-0.2, 0) is 26.6 Å². The Morgan fingerprint density at radius 2 is 1.89 bits per heavy atom. The van der Waals surface area contributed by atoms with Crippen LogP contribution in [0.2, 0.25) is 0 Å². The van der Waals surface area contributed by atoms with E-state index in [0.717, 1.165) is 29.5 Å². The first kappa shape index (κ1) is 26.5. The molecule has 1 unspecified atom stereocenters. The molecule has 12 heteroatoms. The standard InChI is InChI=1S/C25H31F3N6O3/c1-16(2)10-13-33-20-21(30-23(33)32-12-4-5-18(29)15-32)34(24(36)31(3)22(20)35)14-11-17-6-8-19(9-7-17)37-25(26,27)28/h6-10,18H,4-5,11-15,29H2,1-3H3. The summed E-state index contributed by atoms with van der Waals surface area (Å²) in [6, 6.07) is 5.47. The van der Waals surface area contributed by atoms with E-state index in [4.69, 9.17) is 10.7 Å². The van der Waals surface area contributed by atoms with Crippen LogP contribution >= 0.6 is 0 Å². The number of hydrogen-bond acceptors (Lipinski definition) is 6. The molecule has 9 nitrogen and oxygen atoms in total. The van der Waals surface area contributed by atoms with Crippen molar-refractivity contribution in [1.82, 2.24) is 18.7 Å². The van der Waals surface area contributed by atoms with Crippen LogP contribution < -0.4 is 26.6 Å². The van der Waals surface area contributed by atoms with Crippen LogP contribution in [0.4, 0.5) is 19.1 Å². The summed E-state index contributed by atoms with van der Waals surface area (Å²) in [5.41, 5.74) is 7.64. The van der Waals surface area contributed by atoms with E-state index in [1.807, 2.05) is 24.5 Å². The van der Waals surface area contributed by atoms with Crippen molar-refractivity contribution < 1.29 is 17.9 Å². The number of piperidine rings is 1. The second kappa shape index (κ2) is 10.4. The first-order chi connectivity index (χ1) is 17.4. The summed E-state index contributed by atoms with van der Waals surface area (Å²) in [4.78, 5) is 33.3. The summed E-state index contributed by atoms with van der Waals surface area (Å²) >= 11 is 0. The molecule has 2 N–H and O–H groups in total. The molecule has 37 heavy (non-hydrogen) atoms. The quantitative estimate of drug-likeness (QED) is 0.481. The van der Waals surface area contributed by atoms with Gasteiger partial charge in [0.25, 0.3) is 5.56 Å². The van der Waals surface area contributed by atoms with E-state index in [2.05, 4.69) is 9.64 Å². The maximum Gasteiger partial charge on any atom is 0.573 e. The van der Waals surface area contributed by atoms with Gasteiger partial charge in [0.2, 0.25) is 5.95 Å². The van der Waals surface area contributed by atoms with Gasteiger partial charge in [-0.2, -0.15) is 4.98 Å². The zero-order valence-electron chi connectivity index (χ0n) is 21.1. The number of allylic oxidation sites excluding steroid dienone is 2. The molecular weight excluding hydrogens is 489 g/mol. The number of alkyl halides is 3. The van der Waals surface area contributed by atoms with Gasteiger partial charge in [0.1, 0.15) is 5.75 Å². The van der Waals surface area contributed by atoms with Crippen LogP contribution in [0, 0.1) is 0 Å². The molecule has 1 aliphatic heterocycles. The lowest BCUT2D eigenvalue weighted by atomic mass is 10.1. The van der Waals surface area contributed by atoms with Crippen molar-refractivity contribution in [3.8, 4) is 5.75 Å².